The zero-order chi connectivity index (χ0) is 16.4. The number of carbonyl (C=O) groups excluding carboxylic acids is 1. The highest BCUT2D eigenvalue weighted by atomic mass is 16.5. The van der Waals surface area contributed by atoms with E-state index in [-0.39, 0.29) is 18.5 Å². The van der Waals surface area contributed by atoms with Crippen molar-refractivity contribution >= 4 is 12.0 Å². The van der Waals surface area contributed by atoms with E-state index < -0.39 is 5.97 Å². The molecule has 0 saturated carbocycles. The monoisotopic (exact) mass is 308 g/mol. The SMILES string of the molecule is COc1ccc(CCC(C)NC(=O)NCCCC(=O)O)cc1. The van der Waals surface area contributed by atoms with Gasteiger partial charge in [-0.2, -0.15) is 0 Å². The zero-order valence-corrected chi connectivity index (χ0v) is 13.1. The molecular weight excluding hydrogens is 284 g/mol. The Hall–Kier alpha value is -2.24. The summed E-state index contributed by atoms with van der Waals surface area (Å²) in [6, 6.07) is 7.65. The summed E-state index contributed by atoms with van der Waals surface area (Å²) in [6.45, 7) is 2.31. The number of nitrogens with one attached hydrogen (secondary N) is 2. The predicted molar refractivity (Wildman–Crippen MR) is 84.2 cm³/mol. The van der Waals surface area contributed by atoms with Gasteiger partial charge in [0.05, 0.1) is 7.11 Å². The number of aryl methyl sites for hydroxylation is 1. The Morgan fingerprint density at radius 3 is 2.55 bits per heavy atom. The van der Waals surface area contributed by atoms with Crippen molar-refractivity contribution in [1.82, 2.24) is 10.6 Å². The lowest BCUT2D eigenvalue weighted by Crippen LogP contribution is -2.41. The molecule has 1 rings (SSSR count). The number of hydrogen-bond donors (Lipinski definition) is 3. The molecule has 6 nitrogen and oxygen atoms in total. The van der Waals surface area contributed by atoms with Crippen molar-refractivity contribution in [2.24, 2.45) is 0 Å². The zero-order valence-electron chi connectivity index (χ0n) is 13.1. The third-order valence-electron chi connectivity index (χ3n) is 3.26. The molecule has 0 aliphatic rings. The number of carboxylic acids is 1. The van der Waals surface area contributed by atoms with Crippen LogP contribution in [0.3, 0.4) is 0 Å². The number of ether oxygens (including phenoxy) is 1. The van der Waals surface area contributed by atoms with Gasteiger partial charge in [-0.15, -0.1) is 0 Å². The molecule has 0 aliphatic heterocycles. The first-order valence-corrected chi connectivity index (χ1v) is 7.40. The summed E-state index contributed by atoms with van der Waals surface area (Å²) in [5.74, 6) is -0.0225. The number of amides is 2. The first kappa shape index (κ1) is 17.8. The Morgan fingerprint density at radius 1 is 1.27 bits per heavy atom. The minimum absolute atomic E-state index is 0.0431. The number of urea groups is 1. The maximum Gasteiger partial charge on any atom is 0.314 e. The molecule has 1 unspecified atom stereocenters. The highest BCUT2D eigenvalue weighted by molar-refractivity contribution is 5.74. The van der Waals surface area contributed by atoms with Gasteiger partial charge in [0.15, 0.2) is 0 Å². The van der Waals surface area contributed by atoms with E-state index in [2.05, 4.69) is 10.6 Å². The summed E-state index contributed by atoms with van der Waals surface area (Å²) < 4.78 is 5.11. The molecular formula is C16H24N2O4. The second-order valence-corrected chi connectivity index (χ2v) is 5.19. The number of carbonyl (C=O) groups is 2. The maximum atomic E-state index is 11.6. The van der Waals surface area contributed by atoms with Crippen molar-refractivity contribution in [1.29, 1.82) is 0 Å². The summed E-state index contributed by atoms with van der Waals surface area (Å²) in [7, 11) is 1.63. The van der Waals surface area contributed by atoms with Crippen LogP contribution in [0.2, 0.25) is 0 Å². The molecule has 2 amide bonds. The summed E-state index contributed by atoms with van der Waals surface area (Å²) >= 11 is 0. The van der Waals surface area contributed by atoms with E-state index in [0.717, 1.165) is 18.6 Å². The molecule has 0 radical (unpaired) electrons. The van der Waals surface area contributed by atoms with Crippen molar-refractivity contribution in [3.05, 3.63) is 29.8 Å². The highest BCUT2D eigenvalue weighted by Crippen LogP contribution is 2.13. The number of methoxy groups -OCH3 is 1. The van der Waals surface area contributed by atoms with Gasteiger partial charge in [0.1, 0.15) is 5.75 Å². The molecule has 0 aliphatic carbocycles. The average molecular weight is 308 g/mol. The molecule has 0 heterocycles. The van der Waals surface area contributed by atoms with Gasteiger partial charge in [0, 0.05) is 19.0 Å². The van der Waals surface area contributed by atoms with Crippen molar-refractivity contribution in [3.63, 3.8) is 0 Å². The molecule has 3 N–H and O–H groups in total. The quantitative estimate of drug-likeness (QED) is 0.610. The van der Waals surface area contributed by atoms with E-state index in [1.807, 2.05) is 31.2 Å². The van der Waals surface area contributed by atoms with Crippen molar-refractivity contribution < 1.29 is 19.4 Å². The smallest absolute Gasteiger partial charge is 0.314 e. The molecule has 1 aromatic carbocycles. The molecule has 0 bridgehead atoms. The van der Waals surface area contributed by atoms with Gasteiger partial charge in [0.2, 0.25) is 0 Å². The van der Waals surface area contributed by atoms with E-state index in [1.165, 1.54) is 5.56 Å². The minimum atomic E-state index is -0.852. The molecule has 6 heteroatoms. The number of carboxylic acid groups (broad SMARTS) is 1. The number of aliphatic carboxylic acids is 1. The lowest BCUT2D eigenvalue weighted by molar-refractivity contribution is -0.137. The molecule has 0 fully saturated rings. The fourth-order valence-corrected chi connectivity index (χ4v) is 1.96. The Labute approximate surface area is 130 Å². The third kappa shape index (κ3) is 7.52. The first-order valence-electron chi connectivity index (χ1n) is 7.40. The predicted octanol–water partition coefficient (Wildman–Crippen LogP) is 2.18. The van der Waals surface area contributed by atoms with E-state index in [0.29, 0.717) is 13.0 Å². The van der Waals surface area contributed by atoms with Crippen LogP contribution in [0, 0.1) is 0 Å². The number of rotatable bonds is 9. The fourth-order valence-electron chi connectivity index (χ4n) is 1.96. The fraction of sp³-hybridized carbons (Fsp3) is 0.500. The van der Waals surface area contributed by atoms with Crippen LogP contribution in [0.5, 0.6) is 5.75 Å². The number of hydrogen-bond acceptors (Lipinski definition) is 3. The Balaban J connectivity index is 2.20. The van der Waals surface area contributed by atoms with Crippen LogP contribution in [0.15, 0.2) is 24.3 Å². The van der Waals surface area contributed by atoms with Gasteiger partial charge in [-0.05, 0) is 43.9 Å². The summed E-state index contributed by atoms with van der Waals surface area (Å²) in [6.07, 6.45) is 2.19. The second kappa shape index (κ2) is 9.65. The summed E-state index contributed by atoms with van der Waals surface area (Å²) in [5, 5.41) is 14.0. The van der Waals surface area contributed by atoms with Gasteiger partial charge < -0.3 is 20.5 Å². The second-order valence-electron chi connectivity index (χ2n) is 5.19. The van der Waals surface area contributed by atoms with Crippen LogP contribution in [-0.2, 0) is 11.2 Å². The maximum absolute atomic E-state index is 11.6. The standard InChI is InChI=1S/C16H24N2O4/c1-12(18-16(21)17-11-3-4-15(19)20)5-6-13-7-9-14(22-2)10-8-13/h7-10,12H,3-6,11H2,1-2H3,(H,19,20)(H2,17,18,21). The van der Waals surface area contributed by atoms with E-state index in [4.69, 9.17) is 9.84 Å². The van der Waals surface area contributed by atoms with Gasteiger partial charge >= 0.3 is 12.0 Å². The van der Waals surface area contributed by atoms with Crippen LogP contribution in [-0.4, -0.2) is 36.8 Å². The Kier molecular flexibility index (Phi) is 7.81. The van der Waals surface area contributed by atoms with Crippen LogP contribution >= 0.6 is 0 Å². The van der Waals surface area contributed by atoms with E-state index in [9.17, 15) is 9.59 Å². The lowest BCUT2D eigenvalue weighted by Gasteiger charge is -2.14. The van der Waals surface area contributed by atoms with Crippen LogP contribution < -0.4 is 15.4 Å². The van der Waals surface area contributed by atoms with E-state index in [1.54, 1.807) is 7.11 Å². The first-order chi connectivity index (χ1) is 10.5. The van der Waals surface area contributed by atoms with Crippen molar-refractivity contribution in [2.75, 3.05) is 13.7 Å². The summed E-state index contributed by atoms with van der Waals surface area (Å²) in [5.41, 5.74) is 1.19. The highest BCUT2D eigenvalue weighted by Gasteiger charge is 2.07. The van der Waals surface area contributed by atoms with E-state index >= 15 is 0 Å². The van der Waals surface area contributed by atoms with Gasteiger partial charge in [-0.25, -0.2) is 4.79 Å². The molecule has 1 aromatic rings. The Morgan fingerprint density at radius 2 is 1.95 bits per heavy atom. The lowest BCUT2D eigenvalue weighted by atomic mass is 10.1. The minimum Gasteiger partial charge on any atom is -0.497 e. The van der Waals surface area contributed by atoms with Gasteiger partial charge in [0.25, 0.3) is 0 Å². The van der Waals surface area contributed by atoms with Crippen LogP contribution in [0.1, 0.15) is 31.7 Å². The van der Waals surface area contributed by atoms with Crippen LogP contribution in [0.4, 0.5) is 4.79 Å². The molecule has 1 atom stereocenters. The average Bonchev–Trinajstić information content (AvgIpc) is 2.50. The van der Waals surface area contributed by atoms with Gasteiger partial charge in [-0.1, -0.05) is 12.1 Å². The number of benzene rings is 1. The third-order valence-corrected chi connectivity index (χ3v) is 3.26. The van der Waals surface area contributed by atoms with Gasteiger partial charge in [-0.3, -0.25) is 4.79 Å². The van der Waals surface area contributed by atoms with Crippen molar-refractivity contribution in [3.8, 4) is 5.75 Å². The van der Waals surface area contributed by atoms with Crippen LogP contribution in [0.25, 0.3) is 0 Å². The summed E-state index contributed by atoms with van der Waals surface area (Å²) in [4.78, 5) is 22.0. The Bertz CT molecular complexity index is 474. The molecule has 0 spiro atoms. The van der Waals surface area contributed by atoms with Crippen molar-refractivity contribution in [2.45, 2.75) is 38.6 Å². The largest absolute Gasteiger partial charge is 0.497 e. The normalized spacial score (nSPS) is 11.5. The molecule has 0 aromatic heterocycles. The topological polar surface area (TPSA) is 87.7 Å². The molecule has 22 heavy (non-hydrogen) atoms. The molecule has 122 valence electrons. The molecule has 0 saturated heterocycles.